The minimum absolute atomic E-state index is 0.0743. The molecule has 0 aliphatic rings. The Morgan fingerprint density at radius 3 is 2.61 bits per heavy atom. The lowest BCUT2D eigenvalue weighted by Crippen LogP contribution is -2.27. The van der Waals surface area contributed by atoms with E-state index in [4.69, 9.17) is 4.74 Å². The van der Waals surface area contributed by atoms with E-state index < -0.39 is 13.0 Å². The third kappa shape index (κ3) is 4.54. The second kappa shape index (κ2) is 8.07. The SMILES string of the molecule is Cn1c(N(COCC[Si](C)(C)C)c2ccccc2)nc2cc([N+](=O)[O-])cnc21. The van der Waals surface area contributed by atoms with Gasteiger partial charge < -0.3 is 4.74 Å². The average Bonchev–Trinajstić information content (AvgIpc) is 2.97. The van der Waals surface area contributed by atoms with Crippen LogP contribution < -0.4 is 4.90 Å². The Labute approximate surface area is 164 Å². The summed E-state index contributed by atoms with van der Waals surface area (Å²) >= 11 is 0. The molecule has 28 heavy (non-hydrogen) atoms. The van der Waals surface area contributed by atoms with Crippen molar-refractivity contribution in [2.45, 2.75) is 25.7 Å². The van der Waals surface area contributed by atoms with Gasteiger partial charge in [-0.25, -0.2) is 9.97 Å². The molecule has 0 aliphatic carbocycles. The fourth-order valence-electron chi connectivity index (χ4n) is 2.78. The van der Waals surface area contributed by atoms with E-state index in [9.17, 15) is 10.1 Å². The summed E-state index contributed by atoms with van der Waals surface area (Å²) in [5.41, 5.74) is 1.93. The van der Waals surface area contributed by atoms with Gasteiger partial charge >= 0.3 is 0 Å². The van der Waals surface area contributed by atoms with Crippen molar-refractivity contribution in [3.05, 3.63) is 52.7 Å². The molecule has 148 valence electrons. The highest BCUT2D eigenvalue weighted by atomic mass is 28.3. The van der Waals surface area contributed by atoms with Crippen molar-refractivity contribution in [2.24, 2.45) is 7.05 Å². The molecule has 0 aliphatic heterocycles. The van der Waals surface area contributed by atoms with Gasteiger partial charge in [-0.3, -0.25) is 19.6 Å². The fourth-order valence-corrected chi connectivity index (χ4v) is 3.54. The van der Waals surface area contributed by atoms with Crippen LogP contribution in [0.2, 0.25) is 25.7 Å². The number of aromatic nitrogens is 3. The van der Waals surface area contributed by atoms with Gasteiger partial charge in [0.25, 0.3) is 5.69 Å². The molecule has 1 aromatic carbocycles. The van der Waals surface area contributed by atoms with Gasteiger partial charge in [0.05, 0.1) is 4.92 Å². The number of imidazole rings is 1. The quantitative estimate of drug-likeness (QED) is 0.184. The lowest BCUT2D eigenvalue weighted by Gasteiger charge is -2.24. The molecule has 2 aromatic heterocycles. The second-order valence-corrected chi connectivity index (χ2v) is 13.5. The van der Waals surface area contributed by atoms with Crippen LogP contribution in [0.4, 0.5) is 17.3 Å². The number of pyridine rings is 1. The Bertz CT molecular complexity index is 969. The summed E-state index contributed by atoms with van der Waals surface area (Å²) < 4.78 is 7.80. The Morgan fingerprint density at radius 2 is 1.96 bits per heavy atom. The molecule has 0 spiro atoms. The van der Waals surface area contributed by atoms with Gasteiger partial charge in [-0.05, 0) is 18.2 Å². The maximum atomic E-state index is 11.1. The van der Waals surface area contributed by atoms with E-state index in [1.165, 1.54) is 12.3 Å². The first kappa shape index (κ1) is 20.0. The van der Waals surface area contributed by atoms with Crippen molar-refractivity contribution in [1.29, 1.82) is 0 Å². The molecule has 0 saturated carbocycles. The summed E-state index contributed by atoms with van der Waals surface area (Å²) in [5, 5.41) is 11.1. The van der Waals surface area contributed by atoms with E-state index in [0.717, 1.165) is 11.7 Å². The van der Waals surface area contributed by atoms with Gasteiger partial charge in [0, 0.05) is 33.5 Å². The number of aryl methyl sites for hydroxylation is 1. The molecular formula is C19H25N5O3Si. The number of anilines is 2. The van der Waals surface area contributed by atoms with Crippen LogP contribution in [0.25, 0.3) is 11.2 Å². The number of hydrogen-bond acceptors (Lipinski definition) is 6. The molecule has 0 unspecified atom stereocenters. The fraction of sp³-hybridized carbons (Fsp3) is 0.368. The van der Waals surface area contributed by atoms with Gasteiger partial charge in [0.15, 0.2) is 5.65 Å². The predicted molar refractivity (Wildman–Crippen MR) is 113 cm³/mol. The molecule has 0 fully saturated rings. The first-order valence-corrected chi connectivity index (χ1v) is 12.8. The van der Waals surface area contributed by atoms with Crippen molar-refractivity contribution >= 4 is 36.6 Å². The zero-order valence-corrected chi connectivity index (χ0v) is 17.6. The van der Waals surface area contributed by atoms with E-state index in [2.05, 4.69) is 29.6 Å². The molecule has 2 heterocycles. The topological polar surface area (TPSA) is 86.3 Å². The predicted octanol–water partition coefficient (Wildman–Crippen LogP) is 4.33. The lowest BCUT2D eigenvalue weighted by molar-refractivity contribution is -0.385. The van der Waals surface area contributed by atoms with E-state index in [1.54, 1.807) is 0 Å². The average molecular weight is 400 g/mol. The highest BCUT2D eigenvalue weighted by Crippen LogP contribution is 2.28. The summed E-state index contributed by atoms with van der Waals surface area (Å²) in [4.78, 5) is 21.4. The number of fused-ring (bicyclic) bond motifs is 1. The van der Waals surface area contributed by atoms with Crippen molar-refractivity contribution in [3.63, 3.8) is 0 Å². The first-order chi connectivity index (χ1) is 13.3. The maximum Gasteiger partial charge on any atom is 0.289 e. The zero-order chi connectivity index (χ0) is 20.3. The summed E-state index contributed by atoms with van der Waals surface area (Å²) in [6, 6.07) is 12.3. The summed E-state index contributed by atoms with van der Waals surface area (Å²) in [6.45, 7) is 7.97. The Hall–Kier alpha value is -2.78. The Morgan fingerprint density at radius 1 is 1.25 bits per heavy atom. The van der Waals surface area contributed by atoms with Crippen LogP contribution in [0.1, 0.15) is 0 Å². The molecule has 3 rings (SSSR count). The summed E-state index contributed by atoms with van der Waals surface area (Å²) in [6.07, 6.45) is 1.26. The lowest BCUT2D eigenvalue weighted by atomic mass is 10.3. The molecule has 0 atom stereocenters. The minimum Gasteiger partial charge on any atom is -0.361 e. The van der Waals surface area contributed by atoms with E-state index in [1.807, 2.05) is 46.8 Å². The molecule has 3 aromatic rings. The van der Waals surface area contributed by atoms with Gasteiger partial charge in [-0.1, -0.05) is 37.8 Å². The number of benzene rings is 1. The Kier molecular flexibility index (Phi) is 5.75. The third-order valence-electron chi connectivity index (χ3n) is 4.41. The first-order valence-electron chi connectivity index (χ1n) is 9.13. The van der Waals surface area contributed by atoms with Crippen LogP contribution in [0.15, 0.2) is 42.6 Å². The molecular weight excluding hydrogens is 374 g/mol. The van der Waals surface area contributed by atoms with Crippen LogP contribution in [0.5, 0.6) is 0 Å². The van der Waals surface area contributed by atoms with Crippen molar-refractivity contribution < 1.29 is 9.66 Å². The van der Waals surface area contributed by atoms with Crippen molar-refractivity contribution in [2.75, 3.05) is 18.2 Å². The number of rotatable bonds is 8. The van der Waals surface area contributed by atoms with Gasteiger partial charge in [0.2, 0.25) is 5.95 Å². The number of para-hydroxylation sites is 1. The number of nitrogens with zero attached hydrogens (tertiary/aromatic N) is 5. The summed E-state index contributed by atoms with van der Waals surface area (Å²) in [7, 11) is 0.668. The van der Waals surface area contributed by atoms with Gasteiger partial charge in [-0.15, -0.1) is 0 Å². The van der Waals surface area contributed by atoms with E-state index in [0.29, 0.717) is 30.4 Å². The molecule has 0 N–H and O–H groups in total. The number of nitro groups is 1. The van der Waals surface area contributed by atoms with Crippen molar-refractivity contribution in [3.8, 4) is 0 Å². The molecule has 0 amide bonds. The van der Waals surface area contributed by atoms with Gasteiger partial charge in [-0.2, -0.15) is 0 Å². The smallest absolute Gasteiger partial charge is 0.289 e. The maximum absolute atomic E-state index is 11.1. The largest absolute Gasteiger partial charge is 0.361 e. The van der Waals surface area contributed by atoms with Gasteiger partial charge in [0.1, 0.15) is 18.4 Å². The highest BCUT2D eigenvalue weighted by Gasteiger charge is 2.20. The highest BCUT2D eigenvalue weighted by molar-refractivity contribution is 6.76. The minimum atomic E-state index is -1.18. The second-order valence-electron chi connectivity index (χ2n) is 7.88. The third-order valence-corrected chi connectivity index (χ3v) is 6.11. The molecule has 8 nitrogen and oxygen atoms in total. The number of ether oxygens (including phenoxy) is 1. The van der Waals surface area contributed by atoms with Crippen LogP contribution in [0.3, 0.4) is 0 Å². The van der Waals surface area contributed by atoms with Crippen LogP contribution >= 0.6 is 0 Å². The van der Waals surface area contributed by atoms with E-state index in [-0.39, 0.29) is 5.69 Å². The normalized spacial score (nSPS) is 11.7. The molecule has 0 bridgehead atoms. The van der Waals surface area contributed by atoms with Crippen LogP contribution in [-0.2, 0) is 11.8 Å². The summed E-state index contributed by atoms with van der Waals surface area (Å²) in [5.74, 6) is 0.627. The molecule has 0 radical (unpaired) electrons. The Balaban J connectivity index is 1.93. The van der Waals surface area contributed by atoms with Crippen molar-refractivity contribution in [1.82, 2.24) is 14.5 Å². The van der Waals surface area contributed by atoms with Crippen LogP contribution in [-0.4, -0.2) is 40.9 Å². The van der Waals surface area contributed by atoms with Crippen LogP contribution in [0, 0.1) is 10.1 Å². The zero-order valence-electron chi connectivity index (χ0n) is 16.6. The molecule has 0 saturated heterocycles. The molecule has 9 heteroatoms. The monoisotopic (exact) mass is 399 g/mol. The number of hydrogen-bond donors (Lipinski definition) is 0. The standard InChI is InChI=1S/C19H25N5O3Si/c1-22-18-17(12-16(13-20-18)24(25)26)21-19(22)23(15-8-6-5-7-9-15)14-27-10-11-28(2,3)4/h5-9,12-13H,10-11,14H2,1-4H3. The van der Waals surface area contributed by atoms with E-state index >= 15 is 0 Å².